The van der Waals surface area contributed by atoms with Gasteiger partial charge in [0.05, 0.1) is 6.61 Å². The monoisotopic (exact) mass is 246 g/mol. The fourth-order valence-electron chi connectivity index (χ4n) is 1.38. The Labute approximate surface area is 102 Å². The number of carboxylic acids is 1. The van der Waals surface area contributed by atoms with E-state index in [1.54, 1.807) is 12.0 Å². The Morgan fingerprint density at radius 3 is 2.29 bits per heavy atom. The molecule has 0 unspecified atom stereocenters. The number of hydrogen-bond acceptors (Lipinski definition) is 4. The maximum atomic E-state index is 11.6. The summed E-state index contributed by atoms with van der Waals surface area (Å²) in [5.41, 5.74) is 0. The zero-order chi connectivity index (χ0) is 13.3. The molecule has 0 radical (unpaired) electrons. The summed E-state index contributed by atoms with van der Waals surface area (Å²) in [6.07, 6.45) is 0.369. The van der Waals surface area contributed by atoms with Crippen molar-refractivity contribution < 1.29 is 19.4 Å². The molecule has 100 valence electrons. The van der Waals surface area contributed by atoms with Crippen LogP contribution in [-0.2, 0) is 14.3 Å². The minimum Gasteiger partial charge on any atom is -0.481 e. The summed E-state index contributed by atoms with van der Waals surface area (Å²) in [6, 6.07) is 0. The summed E-state index contributed by atoms with van der Waals surface area (Å²) in [6.45, 7) is 2.29. The van der Waals surface area contributed by atoms with Gasteiger partial charge in [0.15, 0.2) is 0 Å². The van der Waals surface area contributed by atoms with Crippen LogP contribution in [-0.4, -0.2) is 74.2 Å². The van der Waals surface area contributed by atoms with Crippen LogP contribution in [0.1, 0.15) is 12.8 Å². The van der Waals surface area contributed by atoms with E-state index in [9.17, 15) is 9.59 Å². The van der Waals surface area contributed by atoms with E-state index in [1.165, 1.54) is 0 Å². The van der Waals surface area contributed by atoms with Crippen molar-refractivity contribution in [3.05, 3.63) is 0 Å². The summed E-state index contributed by atoms with van der Waals surface area (Å²) < 4.78 is 4.90. The van der Waals surface area contributed by atoms with Crippen molar-refractivity contribution in [3.63, 3.8) is 0 Å². The van der Waals surface area contributed by atoms with Gasteiger partial charge < -0.3 is 19.6 Å². The number of hydrogen-bond donors (Lipinski definition) is 1. The Morgan fingerprint density at radius 1 is 1.18 bits per heavy atom. The van der Waals surface area contributed by atoms with Crippen molar-refractivity contribution in [1.29, 1.82) is 0 Å². The molecule has 0 saturated carbocycles. The highest BCUT2D eigenvalue weighted by Gasteiger charge is 2.16. The molecular weight excluding hydrogens is 224 g/mol. The molecule has 0 saturated heterocycles. The van der Waals surface area contributed by atoms with Crippen molar-refractivity contribution in [1.82, 2.24) is 9.80 Å². The summed E-state index contributed by atoms with van der Waals surface area (Å²) in [5.74, 6) is -1.45. The molecule has 0 aromatic heterocycles. The van der Waals surface area contributed by atoms with Crippen LogP contribution >= 0.6 is 0 Å². The van der Waals surface area contributed by atoms with Crippen LogP contribution in [0.4, 0.5) is 0 Å². The molecule has 0 heterocycles. The Balaban J connectivity index is 4.11. The normalized spacial score (nSPS) is 10.6. The molecule has 0 spiro atoms. The minimum atomic E-state index is -1.09. The quantitative estimate of drug-likeness (QED) is 0.575. The number of carbonyl (C=O) groups is 2. The second-order valence-electron chi connectivity index (χ2n) is 4.10. The van der Waals surface area contributed by atoms with Gasteiger partial charge in [0, 0.05) is 20.2 Å². The molecule has 0 rings (SSSR count). The molecule has 1 N–H and O–H groups in total. The summed E-state index contributed by atoms with van der Waals surface area (Å²) >= 11 is 0. The van der Waals surface area contributed by atoms with Crippen molar-refractivity contribution >= 4 is 11.9 Å². The van der Waals surface area contributed by atoms with Crippen LogP contribution in [0, 0.1) is 0 Å². The number of amides is 1. The zero-order valence-corrected chi connectivity index (χ0v) is 10.8. The van der Waals surface area contributed by atoms with Gasteiger partial charge in [-0.05, 0) is 27.1 Å². The van der Waals surface area contributed by atoms with Crippen LogP contribution in [0.15, 0.2) is 0 Å². The largest absolute Gasteiger partial charge is 0.481 e. The van der Waals surface area contributed by atoms with Crippen LogP contribution in [0.2, 0.25) is 0 Å². The molecule has 17 heavy (non-hydrogen) atoms. The third-order valence-corrected chi connectivity index (χ3v) is 2.25. The first-order valence-electron chi connectivity index (χ1n) is 5.60. The predicted octanol–water partition coefficient (Wildman–Crippen LogP) is -0.112. The van der Waals surface area contributed by atoms with E-state index in [1.807, 2.05) is 19.0 Å². The van der Waals surface area contributed by atoms with E-state index in [0.29, 0.717) is 19.7 Å². The summed E-state index contributed by atoms with van der Waals surface area (Å²) in [5, 5.41) is 8.58. The van der Waals surface area contributed by atoms with Gasteiger partial charge in [0.2, 0.25) is 5.91 Å². The van der Waals surface area contributed by atoms with E-state index in [2.05, 4.69) is 0 Å². The van der Waals surface area contributed by atoms with Crippen LogP contribution in [0.5, 0.6) is 0 Å². The second kappa shape index (κ2) is 8.95. The molecule has 6 heteroatoms. The number of aliphatic carboxylic acids is 1. The number of rotatable bonds is 9. The lowest BCUT2D eigenvalue weighted by atomic mass is 10.3. The molecule has 0 aliphatic heterocycles. The van der Waals surface area contributed by atoms with E-state index in [-0.39, 0.29) is 5.91 Å². The first-order chi connectivity index (χ1) is 7.97. The number of nitrogens with zero attached hydrogens (tertiary/aromatic N) is 2. The molecule has 0 aliphatic rings. The third kappa shape index (κ3) is 8.65. The smallest absolute Gasteiger partial charge is 0.312 e. The topological polar surface area (TPSA) is 70.1 Å². The van der Waals surface area contributed by atoms with Crippen LogP contribution in [0.3, 0.4) is 0 Å². The maximum absolute atomic E-state index is 11.6. The molecule has 1 amide bonds. The number of carboxylic acid groups (broad SMARTS) is 1. The van der Waals surface area contributed by atoms with Gasteiger partial charge in [0.1, 0.15) is 6.42 Å². The fourth-order valence-corrected chi connectivity index (χ4v) is 1.38. The second-order valence-corrected chi connectivity index (χ2v) is 4.10. The van der Waals surface area contributed by atoms with Gasteiger partial charge in [-0.1, -0.05) is 0 Å². The molecule has 0 aliphatic carbocycles. The van der Waals surface area contributed by atoms with Gasteiger partial charge in [0.25, 0.3) is 0 Å². The number of methoxy groups -OCH3 is 1. The van der Waals surface area contributed by atoms with E-state index >= 15 is 0 Å². The number of ether oxygens (including phenoxy) is 1. The lowest BCUT2D eigenvalue weighted by Crippen LogP contribution is -2.36. The highest BCUT2D eigenvalue weighted by molar-refractivity contribution is 5.93. The fraction of sp³-hybridized carbons (Fsp3) is 0.818. The predicted molar refractivity (Wildman–Crippen MR) is 63.9 cm³/mol. The van der Waals surface area contributed by atoms with Crippen molar-refractivity contribution in [3.8, 4) is 0 Å². The lowest BCUT2D eigenvalue weighted by molar-refractivity contribution is -0.144. The van der Waals surface area contributed by atoms with E-state index in [0.717, 1.165) is 13.0 Å². The molecule has 0 aromatic rings. The Hall–Kier alpha value is -1.14. The lowest BCUT2D eigenvalue weighted by Gasteiger charge is -2.22. The SMILES string of the molecule is COCCN(CCCN(C)C)C(=O)CC(=O)O. The average Bonchev–Trinajstić information content (AvgIpc) is 2.21. The standard InChI is InChI=1S/C11H22N2O4/c1-12(2)5-4-6-13(7-8-17-3)10(14)9-11(15)16/h4-9H2,1-3H3,(H,15,16). The Kier molecular flexibility index (Phi) is 8.35. The van der Waals surface area contributed by atoms with E-state index < -0.39 is 12.4 Å². The van der Waals surface area contributed by atoms with Crippen molar-refractivity contribution in [2.24, 2.45) is 0 Å². The zero-order valence-electron chi connectivity index (χ0n) is 10.8. The average molecular weight is 246 g/mol. The van der Waals surface area contributed by atoms with Crippen LogP contribution in [0.25, 0.3) is 0 Å². The minimum absolute atomic E-state index is 0.353. The van der Waals surface area contributed by atoms with Gasteiger partial charge in [-0.2, -0.15) is 0 Å². The van der Waals surface area contributed by atoms with Gasteiger partial charge in [-0.25, -0.2) is 0 Å². The Bertz CT molecular complexity index is 244. The molecular formula is C11H22N2O4. The first kappa shape index (κ1) is 15.9. The van der Waals surface area contributed by atoms with Crippen molar-refractivity contribution in [2.75, 3.05) is 47.4 Å². The summed E-state index contributed by atoms with van der Waals surface area (Å²) in [4.78, 5) is 25.7. The molecule has 6 nitrogen and oxygen atoms in total. The Morgan fingerprint density at radius 2 is 1.82 bits per heavy atom. The van der Waals surface area contributed by atoms with Gasteiger partial charge in [-0.3, -0.25) is 9.59 Å². The maximum Gasteiger partial charge on any atom is 0.312 e. The molecule has 0 bridgehead atoms. The third-order valence-electron chi connectivity index (χ3n) is 2.25. The molecule has 0 fully saturated rings. The molecule has 0 atom stereocenters. The number of carbonyl (C=O) groups excluding carboxylic acids is 1. The molecule has 0 aromatic carbocycles. The highest BCUT2D eigenvalue weighted by Crippen LogP contribution is 1.98. The summed E-state index contributed by atoms with van der Waals surface area (Å²) in [7, 11) is 5.47. The van der Waals surface area contributed by atoms with Crippen molar-refractivity contribution in [2.45, 2.75) is 12.8 Å². The van der Waals surface area contributed by atoms with Crippen LogP contribution < -0.4 is 0 Å². The van der Waals surface area contributed by atoms with Gasteiger partial charge >= 0.3 is 5.97 Å². The first-order valence-corrected chi connectivity index (χ1v) is 5.60. The highest BCUT2D eigenvalue weighted by atomic mass is 16.5. The van der Waals surface area contributed by atoms with E-state index in [4.69, 9.17) is 9.84 Å². The van der Waals surface area contributed by atoms with Gasteiger partial charge in [-0.15, -0.1) is 0 Å².